The van der Waals surface area contributed by atoms with Gasteiger partial charge in [0.15, 0.2) is 0 Å². The smallest absolute Gasteiger partial charge is 0.338 e. The summed E-state index contributed by atoms with van der Waals surface area (Å²) >= 11 is 6.50. The Bertz CT molecular complexity index is 1120. The lowest BCUT2D eigenvalue weighted by Gasteiger charge is -2.29. The number of benzene rings is 1. The summed E-state index contributed by atoms with van der Waals surface area (Å²) in [5.41, 5.74) is 7.77. The second-order valence-electron chi connectivity index (χ2n) is 7.96. The largest absolute Gasteiger partial charge is 0.456 e. The van der Waals surface area contributed by atoms with Gasteiger partial charge in [-0.15, -0.1) is 0 Å². The molecule has 0 spiro atoms. The van der Waals surface area contributed by atoms with Crippen LogP contribution in [0.25, 0.3) is 10.9 Å². The summed E-state index contributed by atoms with van der Waals surface area (Å²) in [7, 11) is 0. The normalized spacial score (nSPS) is 17.2. The molecule has 0 saturated carbocycles. The molecule has 0 fully saturated rings. The van der Waals surface area contributed by atoms with Crippen molar-refractivity contribution in [3.8, 4) is 6.07 Å². The Kier molecular flexibility index (Phi) is 5.29. The zero-order chi connectivity index (χ0) is 21.5. The Hall–Kier alpha value is -3.04. The minimum Gasteiger partial charge on any atom is -0.456 e. The van der Waals surface area contributed by atoms with Gasteiger partial charge in [-0.05, 0) is 52.8 Å². The van der Waals surface area contributed by atoms with E-state index in [4.69, 9.17) is 26.8 Å². The molecule has 2 aromatic rings. The molecule has 0 amide bonds. The van der Waals surface area contributed by atoms with Gasteiger partial charge < -0.3 is 15.2 Å². The first-order valence-electron chi connectivity index (χ1n) is 9.10. The van der Waals surface area contributed by atoms with Gasteiger partial charge in [-0.25, -0.2) is 9.78 Å². The van der Waals surface area contributed by atoms with Gasteiger partial charge in [-0.1, -0.05) is 23.2 Å². The number of carbonyl (C=O) groups is 1. The minimum absolute atomic E-state index is 0.0669. The van der Waals surface area contributed by atoms with Crippen LogP contribution < -0.4 is 5.73 Å². The van der Waals surface area contributed by atoms with Gasteiger partial charge in [-0.3, -0.25) is 0 Å². The molecule has 1 aliphatic rings. The molecule has 7 heteroatoms. The molecule has 1 atom stereocenters. The van der Waals surface area contributed by atoms with Crippen LogP contribution in [0.4, 0.5) is 0 Å². The number of aromatic nitrogens is 1. The van der Waals surface area contributed by atoms with Gasteiger partial charge in [0.2, 0.25) is 5.88 Å². The van der Waals surface area contributed by atoms with Crippen molar-refractivity contribution in [1.29, 1.82) is 5.26 Å². The van der Waals surface area contributed by atoms with Gasteiger partial charge in [0.1, 0.15) is 28.2 Å². The first-order valence-corrected chi connectivity index (χ1v) is 9.48. The summed E-state index contributed by atoms with van der Waals surface area (Å²) in [6.45, 7) is 8.88. The predicted molar refractivity (Wildman–Crippen MR) is 111 cm³/mol. The van der Waals surface area contributed by atoms with Crippen molar-refractivity contribution in [2.45, 2.75) is 46.1 Å². The molecule has 6 nitrogen and oxygen atoms in total. The molecule has 2 heterocycles. The molecule has 0 aliphatic carbocycles. The van der Waals surface area contributed by atoms with E-state index in [1.165, 1.54) is 0 Å². The van der Waals surface area contributed by atoms with Crippen LogP contribution in [0.5, 0.6) is 0 Å². The number of ether oxygens (including phenoxy) is 2. The van der Waals surface area contributed by atoms with Crippen LogP contribution in [0.3, 0.4) is 0 Å². The maximum atomic E-state index is 13.0. The highest BCUT2D eigenvalue weighted by Crippen LogP contribution is 2.43. The van der Waals surface area contributed by atoms with Gasteiger partial charge in [0.25, 0.3) is 0 Å². The Balaban J connectivity index is 2.25. The number of nitriles is 1. The number of carbonyl (C=O) groups excluding carboxylic acids is 1. The summed E-state index contributed by atoms with van der Waals surface area (Å²) in [6, 6.07) is 9.66. The first kappa shape index (κ1) is 20.7. The van der Waals surface area contributed by atoms with E-state index in [1.54, 1.807) is 27.7 Å². The molecule has 0 radical (unpaired) electrons. The van der Waals surface area contributed by atoms with Crippen molar-refractivity contribution in [3.63, 3.8) is 0 Å². The zero-order valence-corrected chi connectivity index (χ0v) is 17.7. The molecule has 0 saturated heterocycles. The summed E-state index contributed by atoms with van der Waals surface area (Å²) < 4.78 is 11.0. The number of rotatable bonds is 2. The number of nitrogens with two attached hydrogens (primary N) is 1. The fraction of sp³-hybridized carbons (Fsp3) is 0.318. The van der Waals surface area contributed by atoms with E-state index in [0.717, 1.165) is 10.9 Å². The second kappa shape index (κ2) is 7.41. The number of fused-ring (bicyclic) bond motifs is 1. The second-order valence-corrected chi connectivity index (χ2v) is 8.32. The Labute approximate surface area is 174 Å². The van der Waals surface area contributed by atoms with Crippen LogP contribution in [0.15, 0.2) is 47.1 Å². The van der Waals surface area contributed by atoms with Gasteiger partial charge in [0, 0.05) is 10.9 Å². The number of pyridine rings is 1. The number of aryl methyl sites for hydroxylation is 1. The number of hydrogen-bond acceptors (Lipinski definition) is 6. The highest BCUT2D eigenvalue weighted by atomic mass is 35.5. The van der Waals surface area contributed by atoms with E-state index in [9.17, 15) is 10.1 Å². The Morgan fingerprint density at radius 1 is 1.31 bits per heavy atom. The number of esters is 1. The zero-order valence-electron chi connectivity index (χ0n) is 17.0. The monoisotopic (exact) mass is 411 g/mol. The fourth-order valence-corrected chi connectivity index (χ4v) is 3.54. The summed E-state index contributed by atoms with van der Waals surface area (Å²) in [4.78, 5) is 17.5. The van der Waals surface area contributed by atoms with Gasteiger partial charge in [0.05, 0.1) is 17.0 Å². The number of halogens is 1. The highest BCUT2D eigenvalue weighted by molar-refractivity contribution is 6.30. The van der Waals surface area contributed by atoms with Crippen LogP contribution in [0.1, 0.15) is 44.7 Å². The molecule has 2 N–H and O–H groups in total. The van der Waals surface area contributed by atoms with E-state index >= 15 is 0 Å². The average molecular weight is 412 g/mol. The third-order valence-electron chi connectivity index (χ3n) is 4.49. The lowest BCUT2D eigenvalue weighted by atomic mass is 9.83. The molecule has 1 aromatic carbocycles. The summed E-state index contributed by atoms with van der Waals surface area (Å²) in [5, 5.41) is 10.8. The fourth-order valence-electron chi connectivity index (χ4n) is 3.28. The molecule has 1 unspecified atom stereocenters. The van der Waals surface area contributed by atoms with Crippen LogP contribution in [0, 0.1) is 18.3 Å². The molecule has 3 rings (SSSR count). The highest BCUT2D eigenvalue weighted by Gasteiger charge is 2.39. The topological polar surface area (TPSA) is 98.2 Å². The van der Waals surface area contributed by atoms with Crippen molar-refractivity contribution in [2.24, 2.45) is 5.73 Å². The SMILES string of the molecule is CC1=C(C(=O)OC(C)(C)C)C(c2cc3cc(C)ccc3nc2Cl)C(C#N)=C(N)O1. The van der Waals surface area contributed by atoms with Crippen LogP contribution in [0.2, 0.25) is 5.15 Å². The lowest BCUT2D eigenvalue weighted by Crippen LogP contribution is -2.30. The van der Waals surface area contributed by atoms with E-state index in [1.807, 2.05) is 31.2 Å². The molecule has 1 aliphatic heterocycles. The molecule has 29 heavy (non-hydrogen) atoms. The van der Waals surface area contributed by atoms with Gasteiger partial charge >= 0.3 is 5.97 Å². The molecule has 150 valence electrons. The van der Waals surface area contributed by atoms with Crippen LogP contribution in [-0.4, -0.2) is 16.6 Å². The van der Waals surface area contributed by atoms with Crippen molar-refractivity contribution < 1.29 is 14.3 Å². The van der Waals surface area contributed by atoms with Crippen molar-refractivity contribution in [1.82, 2.24) is 4.98 Å². The lowest BCUT2D eigenvalue weighted by molar-refractivity contribution is -0.150. The third-order valence-corrected chi connectivity index (χ3v) is 4.79. The summed E-state index contributed by atoms with van der Waals surface area (Å²) in [5.74, 6) is -1.24. The van der Waals surface area contributed by atoms with E-state index in [0.29, 0.717) is 11.1 Å². The van der Waals surface area contributed by atoms with E-state index in [2.05, 4.69) is 11.1 Å². The van der Waals surface area contributed by atoms with Crippen molar-refractivity contribution in [3.05, 3.63) is 63.3 Å². The van der Waals surface area contributed by atoms with Crippen LogP contribution >= 0.6 is 11.6 Å². The third kappa shape index (κ3) is 4.06. The molecule has 1 aromatic heterocycles. The predicted octanol–water partition coefficient (Wildman–Crippen LogP) is 4.62. The molecular formula is C22H22ClN3O3. The van der Waals surface area contributed by atoms with Crippen molar-refractivity contribution >= 4 is 28.5 Å². The standard InChI is InChI=1S/C22H22ClN3O3/c1-11-6-7-16-13(8-11)9-14(19(23)26-16)18-15(10-24)20(25)28-12(2)17(18)21(27)29-22(3,4)5/h6-9,18H,25H2,1-5H3. The minimum atomic E-state index is -0.839. The Morgan fingerprint density at radius 3 is 2.62 bits per heavy atom. The molecule has 0 bridgehead atoms. The van der Waals surface area contributed by atoms with E-state index < -0.39 is 17.5 Å². The maximum Gasteiger partial charge on any atom is 0.338 e. The van der Waals surface area contributed by atoms with E-state index in [-0.39, 0.29) is 27.9 Å². The maximum absolute atomic E-state index is 13.0. The number of allylic oxidation sites excluding steroid dienone is 2. The average Bonchev–Trinajstić information content (AvgIpc) is 2.59. The van der Waals surface area contributed by atoms with Crippen molar-refractivity contribution in [2.75, 3.05) is 0 Å². The summed E-state index contributed by atoms with van der Waals surface area (Å²) in [6.07, 6.45) is 0. The number of nitrogens with zero attached hydrogens (tertiary/aromatic N) is 2. The Morgan fingerprint density at radius 2 is 2.00 bits per heavy atom. The molecular weight excluding hydrogens is 390 g/mol. The first-order chi connectivity index (χ1) is 13.5. The van der Waals surface area contributed by atoms with Gasteiger partial charge in [-0.2, -0.15) is 5.26 Å². The number of hydrogen-bond donors (Lipinski definition) is 1. The quantitative estimate of drug-likeness (QED) is 0.571. The van der Waals surface area contributed by atoms with Crippen LogP contribution in [-0.2, 0) is 14.3 Å².